The molecule has 3 saturated heterocycles. The summed E-state index contributed by atoms with van der Waals surface area (Å²) in [6.07, 6.45) is 4.62. The predicted molar refractivity (Wildman–Crippen MR) is 219 cm³/mol. The van der Waals surface area contributed by atoms with E-state index >= 15 is 4.39 Å². The molecule has 0 radical (unpaired) electrons. The molecule has 3 atom stereocenters. The van der Waals surface area contributed by atoms with Crippen LogP contribution in [0.25, 0.3) is 32.9 Å². The van der Waals surface area contributed by atoms with Gasteiger partial charge in [0.2, 0.25) is 0 Å². The summed E-state index contributed by atoms with van der Waals surface area (Å²) in [7, 11) is 0. The number of hydrogen-bond donors (Lipinski definition) is 1. The Morgan fingerprint density at radius 1 is 1.07 bits per heavy atom. The summed E-state index contributed by atoms with van der Waals surface area (Å²) in [6, 6.07) is 14.4. The minimum absolute atomic E-state index is 0.00354. The Morgan fingerprint density at radius 2 is 1.92 bits per heavy atom. The first kappa shape index (κ1) is 38.9. The number of amides is 1. The van der Waals surface area contributed by atoms with Crippen LogP contribution in [0.4, 0.5) is 19.4 Å². The topological polar surface area (TPSA) is 128 Å². The molecule has 308 valence electrons. The standard InChI is InChI=1S/C45H48F2N6O6/c1-4-56-34-14-5-10-27(2)35(34)41(54)59-31-20-29-12-6-11-28-13-7-19-57-43(55)51-44(3)15-8-17-52(25-44)40-33-23-48-38(32(21-31)36(28)29)37(47)39(33)49-42(50-40)58-26-45-16-9-18-53(45)24-30(46)22-45/h5-6,10-12,14,20-21,23,30H,4,7-9,13,15-19,22,24-26H2,1-3H3,(H,51,55)/t30-,44-,45+/m1/s1. The van der Waals surface area contributed by atoms with E-state index in [0.29, 0.717) is 96.3 Å². The molecule has 6 bridgehead atoms. The SMILES string of the molecule is CCOc1cccc(C)c1C(=O)Oc1cc2c3c(cccc3c1)CCCOC(=O)N[C@]1(C)CCCN(C1)c1nc(OC[C@@]34CCCN3C[C@H](F)C4)nc3c(F)c-2ncc13. The number of fused-ring (bicyclic) bond motifs is 7. The van der Waals surface area contributed by atoms with Gasteiger partial charge in [-0.1, -0.05) is 30.3 Å². The summed E-state index contributed by atoms with van der Waals surface area (Å²) in [5.41, 5.74) is 1.11. The molecular formula is C45H48F2N6O6. The van der Waals surface area contributed by atoms with Gasteiger partial charge in [-0.15, -0.1) is 0 Å². The molecule has 0 unspecified atom stereocenters. The molecule has 3 fully saturated rings. The van der Waals surface area contributed by atoms with Crippen molar-refractivity contribution < 1.29 is 37.3 Å². The van der Waals surface area contributed by atoms with Crippen LogP contribution in [0.3, 0.4) is 0 Å². The minimum atomic E-state index is -0.947. The van der Waals surface area contributed by atoms with Gasteiger partial charge in [0.05, 0.1) is 29.7 Å². The smallest absolute Gasteiger partial charge is 0.407 e. The van der Waals surface area contributed by atoms with E-state index in [0.717, 1.165) is 31.4 Å². The van der Waals surface area contributed by atoms with Gasteiger partial charge in [-0.3, -0.25) is 9.88 Å². The number of benzene rings is 3. The fourth-order valence-electron chi connectivity index (χ4n) is 9.66. The van der Waals surface area contributed by atoms with E-state index in [-0.39, 0.29) is 36.2 Å². The van der Waals surface area contributed by atoms with Gasteiger partial charge in [0.25, 0.3) is 0 Å². The quantitative estimate of drug-likeness (QED) is 0.127. The second kappa shape index (κ2) is 15.5. The summed E-state index contributed by atoms with van der Waals surface area (Å²) in [5, 5.41) is 4.86. The molecule has 1 amide bonds. The van der Waals surface area contributed by atoms with E-state index in [2.05, 4.69) is 10.2 Å². The molecule has 1 N–H and O–H groups in total. The van der Waals surface area contributed by atoms with E-state index in [1.807, 2.05) is 56.0 Å². The van der Waals surface area contributed by atoms with Gasteiger partial charge in [0, 0.05) is 37.8 Å². The van der Waals surface area contributed by atoms with Crippen molar-refractivity contribution in [1.29, 1.82) is 0 Å². The van der Waals surface area contributed by atoms with Crippen molar-refractivity contribution in [3.63, 3.8) is 0 Å². The zero-order valence-corrected chi connectivity index (χ0v) is 33.6. The Morgan fingerprint density at radius 3 is 2.78 bits per heavy atom. The predicted octanol–water partition coefficient (Wildman–Crippen LogP) is 7.90. The monoisotopic (exact) mass is 806 g/mol. The molecule has 0 saturated carbocycles. The lowest BCUT2D eigenvalue weighted by atomic mass is 9.91. The number of rotatable bonds is 7. The largest absolute Gasteiger partial charge is 0.493 e. The van der Waals surface area contributed by atoms with Gasteiger partial charge in [-0.2, -0.15) is 9.97 Å². The summed E-state index contributed by atoms with van der Waals surface area (Å²) in [6.45, 7) is 8.41. The van der Waals surface area contributed by atoms with Crippen LogP contribution in [0.1, 0.15) is 73.9 Å². The Labute approximate surface area is 341 Å². The molecule has 5 aliphatic rings. The third kappa shape index (κ3) is 7.36. The number of carbonyl (C=O) groups excluding carboxylic acids is 2. The number of aromatic nitrogens is 3. The fourth-order valence-corrected chi connectivity index (χ4v) is 9.66. The normalized spacial score (nSPS) is 23.2. The molecule has 3 aromatic carbocycles. The third-order valence-corrected chi connectivity index (χ3v) is 12.3. The number of carbonyl (C=O) groups is 2. The lowest BCUT2D eigenvalue weighted by Gasteiger charge is -2.41. The maximum Gasteiger partial charge on any atom is 0.407 e. The number of alkyl halides is 1. The maximum atomic E-state index is 17.6. The lowest BCUT2D eigenvalue weighted by Crippen LogP contribution is -2.57. The highest BCUT2D eigenvalue weighted by molar-refractivity contribution is 6.03. The van der Waals surface area contributed by atoms with Crippen LogP contribution >= 0.6 is 0 Å². The van der Waals surface area contributed by atoms with Gasteiger partial charge >= 0.3 is 18.1 Å². The van der Waals surface area contributed by atoms with Crippen LogP contribution in [0.15, 0.2) is 54.7 Å². The zero-order chi connectivity index (χ0) is 40.9. The fraction of sp³-hybridized carbons (Fsp3) is 0.444. The average molecular weight is 807 g/mol. The van der Waals surface area contributed by atoms with E-state index in [1.54, 1.807) is 24.4 Å². The highest BCUT2D eigenvalue weighted by atomic mass is 19.1. The van der Waals surface area contributed by atoms with Crippen LogP contribution in [-0.4, -0.2) is 95.2 Å². The van der Waals surface area contributed by atoms with Crippen LogP contribution in [-0.2, 0) is 11.2 Å². The maximum absolute atomic E-state index is 17.6. The van der Waals surface area contributed by atoms with Crippen molar-refractivity contribution in [2.75, 3.05) is 50.9 Å². The van der Waals surface area contributed by atoms with Gasteiger partial charge < -0.3 is 29.2 Å². The van der Waals surface area contributed by atoms with E-state index in [9.17, 15) is 14.0 Å². The van der Waals surface area contributed by atoms with Crippen molar-refractivity contribution >= 4 is 39.6 Å². The van der Waals surface area contributed by atoms with E-state index in [1.165, 1.54) is 0 Å². The van der Waals surface area contributed by atoms with Crippen molar-refractivity contribution in [3.05, 3.63) is 77.2 Å². The number of nitrogens with zero attached hydrogens (tertiary/aromatic N) is 5. The molecule has 14 heteroatoms. The number of alkyl carbamates (subject to hydrolysis) is 1. The van der Waals surface area contributed by atoms with Gasteiger partial charge in [0.1, 0.15) is 46.9 Å². The molecule has 2 aromatic heterocycles. The van der Waals surface area contributed by atoms with Gasteiger partial charge in [-0.05, 0) is 106 Å². The number of nitrogens with one attached hydrogen (secondary N) is 1. The summed E-state index contributed by atoms with van der Waals surface area (Å²) in [4.78, 5) is 45.6. The molecule has 12 nitrogen and oxygen atoms in total. The number of esters is 1. The lowest BCUT2D eigenvalue weighted by molar-refractivity contribution is 0.0729. The Kier molecular flexibility index (Phi) is 10.2. The first-order valence-electron chi connectivity index (χ1n) is 20.6. The molecule has 59 heavy (non-hydrogen) atoms. The van der Waals surface area contributed by atoms with Gasteiger partial charge in [0.15, 0.2) is 5.82 Å². The first-order chi connectivity index (χ1) is 28.5. The van der Waals surface area contributed by atoms with E-state index in [4.69, 9.17) is 33.9 Å². The molecule has 0 spiro atoms. The first-order valence-corrected chi connectivity index (χ1v) is 20.6. The molecule has 0 aliphatic carbocycles. The average Bonchev–Trinajstić information content (AvgIpc) is 3.73. The van der Waals surface area contributed by atoms with E-state index < -0.39 is 35.1 Å². The number of anilines is 1. The van der Waals surface area contributed by atoms with Crippen LogP contribution in [0.5, 0.6) is 17.5 Å². The second-order valence-electron chi connectivity index (χ2n) is 16.6. The summed E-state index contributed by atoms with van der Waals surface area (Å²) in [5.74, 6) is -0.298. The van der Waals surface area contributed by atoms with Crippen molar-refractivity contribution in [1.82, 2.24) is 25.2 Å². The zero-order valence-electron chi connectivity index (χ0n) is 33.6. The second-order valence-corrected chi connectivity index (χ2v) is 16.6. The van der Waals surface area contributed by atoms with Crippen LogP contribution in [0, 0.1) is 12.7 Å². The van der Waals surface area contributed by atoms with Crippen LogP contribution < -0.4 is 24.4 Å². The Hall–Kier alpha value is -5.63. The number of piperidine rings is 1. The van der Waals surface area contributed by atoms with Crippen molar-refractivity contribution in [3.8, 4) is 28.8 Å². The Bertz CT molecular complexity index is 2470. The van der Waals surface area contributed by atoms with Crippen molar-refractivity contribution in [2.24, 2.45) is 0 Å². The molecular weight excluding hydrogens is 759 g/mol. The third-order valence-electron chi connectivity index (χ3n) is 12.3. The highest BCUT2D eigenvalue weighted by Crippen LogP contribution is 2.42. The molecule has 10 rings (SSSR count). The number of hydrogen-bond acceptors (Lipinski definition) is 11. The number of aryl methyl sites for hydroxylation is 2. The molecule has 5 aliphatic heterocycles. The number of halogens is 2. The van der Waals surface area contributed by atoms with Crippen LogP contribution in [0.2, 0.25) is 0 Å². The molecule has 5 aromatic rings. The molecule has 7 heterocycles. The highest BCUT2D eigenvalue weighted by Gasteiger charge is 2.49. The van der Waals surface area contributed by atoms with Gasteiger partial charge in [-0.25, -0.2) is 18.4 Å². The summed E-state index contributed by atoms with van der Waals surface area (Å²) < 4.78 is 56.3. The Balaban J connectivity index is 1.20. The number of ether oxygens (including phenoxy) is 4. The van der Waals surface area contributed by atoms with Crippen molar-refractivity contribution in [2.45, 2.75) is 83.0 Å². The summed E-state index contributed by atoms with van der Waals surface area (Å²) >= 11 is 0. The number of pyridine rings is 1. The minimum Gasteiger partial charge on any atom is -0.493 e.